The predicted octanol–water partition coefficient (Wildman–Crippen LogP) is 1.76. The summed E-state index contributed by atoms with van der Waals surface area (Å²) in [6.07, 6.45) is 4.18. The topological polar surface area (TPSA) is 46.3 Å². The molecule has 0 spiro atoms. The Labute approximate surface area is 93.0 Å². The van der Waals surface area contributed by atoms with Gasteiger partial charge in [0.15, 0.2) is 0 Å². The fourth-order valence-electron chi connectivity index (χ4n) is 2.24. The first-order valence-corrected chi connectivity index (χ1v) is 6.12. The summed E-state index contributed by atoms with van der Waals surface area (Å²) < 4.78 is 0. The zero-order chi connectivity index (χ0) is 11.4. The fraction of sp³-hybridized carbons (Fsp3) is 0.917. The van der Waals surface area contributed by atoms with Crippen LogP contribution in [-0.4, -0.2) is 29.4 Å². The van der Waals surface area contributed by atoms with E-state index in [2.05, 4.69) is 20.8 Å². The van der Waals surface area contributed by atoms with Crippen LogP contribution in [0.2, 0.25) is 0 Å². The second kappa shape index (κ2) is 5.50. The summed E-state index contributed by atoms with van der Waals surface area (Å²) in [6.45, 7) is 7.47. The smallest absolute Gasteiger partial charge is 0.239 e. The van der Waals surface area contributed by atoms with E-state index < -0.39 is 0 Å². The van der Waals surface area contributed by atoms with Crippen molar-refractivity contribution in [2.24, 2.45) is 11.7 Å². The molecular weight excluding hydrogens is 188 g/mol. The molecule has 0 radical (unpaired) electrons. The van der Waals surface area contributed by atoms with Gasteiger partial charge >= 0.3 is 0 Å². The average molecular weight is 212 g/mol. The molecule has 0 aromatic heterocycles. The standard InChI is InChI=1S/C12H24N2O/c1-4-9(2)8-10(3)14-7-5-6-11(13)12(14)15/h9-11H,4-8,13H2,1-3H3. The molecule has 1 amide bonds. The molecular formula is C12H24N2O. The van der Waals surface area contributed by atoms with Crippen LogP contribution in [0.4, 0.5) is 0 Å². The van der Waals surface area contributed by atoms with Crippen molar-refractivity contribution in [2.45, 2.75) is 58.5 Å². The molecule has 15 heavy (non-hydrogen) atoms. The second-order valence-corrected chi connectivity index (χ2v) is 4.88. The SMILES string of the molecule is CCC(C)CC(C)N1CCCC(N)C1=O. The Morgan fingerprint density at radius 2 is 2.20 bits per heavy atom. The number of nitrogens with two attached hydrogens (primary N) is 1. The number of carbonyl (C=O) groups is 1. The van der Waals surface area contributed by atoms with E-state index in [1.165, 1.54) is 6.42 Å². The van der Waals surface area contributed by atoms with Crippen LogP contribution < -0.4 is 5.73 Å². The minimum Gasteiger partial charge on any atom is -0.339 e. The summed E-state index contributed by atoms with van der Waals surface area (Å²) in [5.74, 6) is 0.836. The van der Waals surface area contributed by atoms with Gasteiger partial charge in [0.1, 0.15) is 0 Å². The van der Waals surface area contributed by atoms with Gasteiger partial charge < -0.3 is 10.6 Å². The van der Waals surface area contributed by atoms with Crippen molar-refractivity contribution in [2.75, 3.05) is 6.54 Å². The van der Waals surface area contributed by atoms with E-state index in [1.807, 2.05) is 4.90 Å². The number of hydrogen-bond donors (Lipinski definition) is 1. The molecule has 1 saturated heterocycles. The molecule has 88 valence electrons. The van der Waals surface area contributed by atoms with Gasteiger partial charge in [-0.2, -0.15) is 0 Å². The van der Waals surface area contributed by atoms with E-state index in [-0.39, 0.29) is 11.9 Å². The Morgan fingerprint density at radius 3 is 2.80 bits per heavy atom. The zero-order valence-electron chi connectivity index (χ0n) is 10.2. The summed E-state index contributed by atoms with van der Waals surface area (Å²) in [6, 6.07) is 0.0944. The molecule has 3 atom stereocenters. The van der Waals surface area contributed by atoms with Crippen LogP contribution in [0.5, 0.6) is 0 Å². The Kier molecular flexibility index (Phi) is 4.58. The van der Waals surface area contributed by atoms with Crippen LogP contribution in [0.1, 0.15) is 46.5 Å². The molecule has 1 fully saturated rings. The summed E-state index contributed by atoms with van der Waals surface area (Å²) >= 11 is 0. The molecule has 2 N–H and O–H groups in total. The van der Waals surface area contributed by atoms with Crippen molar-refractivity contribution < 1.29 is 4.79 Å². The molecule has 1 heterocycles. The van der Waals surface area contributed by atoms with Crippen molar-refractivity contribution in [3.8, 4) is 0 Å². The maximum absolute atomic E-state index is 11.8. The number of hydrogen-bond acceptors (Lipinski definition) is 2. The number of piperidine rings is 1. The highest BCUT2D eigenvalue weighted by Gasteiger charge is 2.29. The Hall–Kier alpha value is -0.570. The van der Waals surface area contributed by atoms with Gasteiger partial charge in [-0.15, -0.1) is 0 Å². The molecule has 1 aliphatic rings. The van der Waals surface area contributed by atoms with Crippen molar-refractivity contribution in [3.63, 3.8) is 0 Å². The Balaban J connectivity index is 2.50. The van der Waals surface area contributed by atoms with Gasteiger partial charge in [0.25, 0.3) is 0 Å². The lowest BCUT2D eigenvalue weighted by Crippen LogP contribution is -2.52. The highest BCUT2D eigenvalue weighted by Crippen LogP contribution is 2.19. The van der Waals surface area contributed by atoms with Crippen molar-refractivity contribution in [3.05, 3.63) is 0 Å². The third-order valence-corrected chi connectivity index (χ3v) is 3.49. The molecule has 1 aliphatic heterocycles. The highest BCUT2D eigenvalue weighted by molar-refractivity contribution is 5.82. The van der Waals surface area contributed by atoms with Gasteiger partial charge in [-0.05, 0) is 32.1 Å². The fourth-order valence-corrected chi connectivity index (χ4v) is 2.24. The van der Waals surface area contributed by atoms with Crippen LogP contribution >= 0.6 is 0 Å². The predicted molar refractivity (Wildman–Crippen MR) is 62.5 cm³/mol. The minimum atomic E-state index is -0.252. The van der Waals surface area contributed by atoms with E-state index in [0.29, 0.717) is 12.0 Å². The van der Waals surface area contributed by atoms with Crippen molar-refractivity contribution >= 4 is 5.91 Å². The molecule has 0 saturated carbocycles. The van der Waals surface area contributed by atoms with Gasteiger partial charge in [0.05, 0.1) is 6.04 Å². The number of rotatable bonds is 4. The van der Waals surface area contributed by atoms with E-state index in [4.69, 9.17) is 5.73 Å². The highest BCUT2D eigenvalue weighted by atomic mass is 16.2. The van der Waals surface area contributed by atoms with Gasteiger partial charge in [0, 0.05) is 12.6 Å². The average Bonchev–Trinajstić information content (AvgIpc) is 2.21. The lowest BCUT2D eigenvalue weighted by molar-refractivity contribution is -0.137. The Bertz CT molecular complexity index is 218. The van der Waals surface area contributed by atoms with Crippen molar-refractivity contribution in [1.29, 1.82) is 0 Å². The molecule has 0 aromatic rings. The number of carbonyl (C=O) groups excluding carboxylic acids is 1. The number of amides is 1. The molecule has 0 aromatic carbocycles. The number of nitrogens with zero attached hydrogens (tertiary/aromatic N) is 1. The molecule has 3 heteroatoms. The third-order valence-electron chi connectivity index (χ3n) is 3.49. The van der Waals surface area contributed by atoms with E-state index in [9.17, 15) is 4.79 Å². The van der Waals surface area contributed by atoms with Gasteiger partial charge in [0.2, 0.25) is 5.91 Å². The van der Waals surface area contributed by atoms with Gasteiger partial charge in [-0.25, -0.2) is 0 Å². The van der Waals surface area contributed by atoms with Gasteiger partial charge in [-0.3, -0.25) is 4.79 Å². The van der Waals surface area contributed by atoms with Crippen LogP contribution in [0.15, 0.2) is 0 Å². The van der Waals surface area contributed by atoms with Crippen LogP contribution in [0.3, 0.4) is 0 Å². The molecule has 3 nitrogen and oxygen atoms in total. The first-order valence-electron chi connectivity index (χ1n) is 6.12. The van der Waals surface area contributed by atoms with Crippen LogP contribution in [0, 0.1) is 5.92 Å². The first-order chi connectivity index (χ1) is 7.06. The third kappa shape index (κ3) is 3.20. The summed E-state index contributed by atoms with van der Waals surface area (Å²) in [7, 11) is 0. The molecule has 3 unspecified atom stereocenters. The Morgan fingerprint density at radius 1 is 1.53 bits per heavy atom. The van der Waals surface area contributed by atoms with E-state index >= 15 is 0 Å². The zero-order valence-corrected chi connectivity index (χ0v) is 10.2. The lowest BCUT2D eigenvalue weighted by Gasteiger charge is -2.36. The maximum Gasteiger partial charge on any atom is 0.239 e. The number of likely N-dealkylation sites (tertiary alicyclic amines) is 1. The lowest BCUT2D eigenvalue weighted by atomic mass is 9.96. The molecule has 1 rings (SSSR count). The van der Waals surface area contributed by atoms with Crippen LogP contribution in [-0.2, 0) is 4.79 Å². The van der Waals surface area contributed by atoms with E-state index in [1.54, 1.807) is 0 Å². The van der Waals surface area contributed by atoms with Crippen LogP contribution in [0.25, 0.3) is 0 Å². The minimum absolute atomic E-state index is 0.150. The summed E-state index contributed by atoms with van der Waals surface area (Å²) in [4.78, 5) is 13.8. The largest absolute Gasteiger partial charge is 0.339 e. The summed E-state index contributed by atoms with van der Waals surface area (Å²) in [5, 5.41) is 0. The monoisotopic (exact) mass is 212 g/mol. The molecule has 0 aliphatic carbocycles. The summed E-state index contributed by atoms with van der Waals surface area (Å²) in [5.41, 5.74) is 5.78. The van der Waals surface area contributed by atoms with Gasteiger partial charge in [-0.1, -0.05) is 20.3 Å². The maximum atomic E-state index is 11.8. The first kappa shape index (κ1) is 12.5. The van der Waals surface area contributed by atoms with Crippen molar-refractivity contribution in [1.82, 2.24) is 4.90 Å². The normalized spacial score (nSPS) is 26.5. The van der Waals surface area contributed by atoms with E-state index in [0.717, 1.165) is 25.8 Å². The second-order valence-electron chi connectivity index (χ2n) is 4.88. The molecule has 0 bridgehead atoms. The quantitative estimate of drug-likeness (QED) is 0.772.